The molecule has 1 N–H and O–H groups in total. The molecule has 0 amide bonds. The molecule has 2 nitrogen and oxygen atoms in total. The van der Waals surface area contributed by atoms with Crippen molar-refractivity contribution in [3.8, 4) is 0 Å². The first-order valence-corrected chi connectivity index (χ1v) is 7.60. The number of halogens is 1. The van der Waals surface area contributed by atoms with Gasteiger partial charge in [-0.15, -0.1) is 0 Å². The third kappa shape index (κ3) is 3.27. The largest absolute Gasteiger partial charge is 0.371 e. The smallest absolute Gasteiger partial charge is 0.129 e. The van der Waals surface area contributed by atoms with E-state index in [-0.39, 0.29) is 5.82 Å². The highest BCUT2D eigenvalue weighted by Gasteiger charge is 2.22. The van der Waals surface area contributed by atoms with Crippen LogP contribution >= 0.6 is 0 Å². The quantitative estimate of drug-likeness (QED) is 0.894. The summed E-state index contributed by atoms with van der Waals surface area (Å²) in [6, 6.07) is 6.14. The minimum atomic E-state index is -0.0603. The van der Waals surface area contributed by atoms with Gasteiger partial charge in [0.05, 0.1) is 0 Å². The Morgan fingerprint density at radius 1 is 1.11 bits per heavy atom. The van der Waals surface area contributed by atoms with Crippen molar-refractivity contribution in [2.24, 2.45) is 0 Å². The van der Waals surface area contributed by atoms with Crippen LogP contribution in [0.4, 0.5) is 10.1 Å². The molecular formula is C16H23FN2. The number of rotatable bonds is 4. The van der Waals surface area contributed by atoms with Gasteiger partial charge in [0.25, 0.3) is 0 Å². The molecule has 0 atom stereocenters. The number of benzene rings is 1. The highest BCUT2D eigenvalue weighted by Crippen LogP contribution is 2.27. The summed E-state index contributed by atoms with van der Waals surface area (Å²) in [4.78, 5) is 2.37. The Balaban J connectivity index is 1.78. The molecule has 0 aromatic heterocycles. The summed E-state index contributed by atoms with van der Waals surface area (Å²) >= 11 is 0. The van der Waals surface area contributed by atoms with Gasteiger partial charge in [-0.1, -0.05) is 18.9 Å². The standard InChI is InChI=1S/C16H23FN2/c17-15-6-5-7-16(14(15)12-18-13-8-9-13)19-10-3-1-2-4-11-19/h5-7,13,18H,1-4,8-12H2. The predicted molar refractivity (Wildman–Crippen MR) is 76.9 cm³/mol. The van der Waals surface area contributed by atoms with Gasteiger partial charge < -0.3 is 10.2 Å². The van der Waals surface area contributed by atoms with E-state index in [0.29, 0.717) is 12.6 Å². The third-order valence-electron chi connectivity index (χ3n) is 4.19. The number of nitrogens with one attached hydrogen (secondary N) is 1. The van der Waals surface area contributed by atoms with E-state index in [1.807, 2.05) is 6.07 Å². The van der Waals surface area contributed by atoms with Gasteiger partial charge in [-0.2, -0.15) is 0 Å². The van der Waals surface area contributed by atoms with Gasteiger partial charge >= 0.3 is 0 Å². The van der Waals surface area contributed by atoms with Crippen LogP contribution in [-0.2, 0) is 6.54 Å². The maximum Gasteiger partial charge on any atom is 0.129 e. The van der Waals surface area contributed by atoms with Gasteiger partial charge in [0.2, 0.25) is 0 Å². The summed E-state index contributed by atoms with van der Waals surface area (Å²) in [6.07, 6.45) is 7.56. The first-order chi connectivity index (χ1) is 9.34. The van der Waals surface area contributed by atoms with Crippen LogP contribution < -0.4 is 10.2 Å². The Morgan fingerprint density at radius 3 is 2.53 bits per heavy atom. The predicted octanol–water partition coefficient (Wildman–Crippen LogP) is 3.46. The fraction of sp³-hybridized carbons (Fsp3) is 0.625. The van der Waals surface area contributed by atoms with Gasteiger partial charge in [-0.05, 0) is 37.8 Å². The molecule has 2 aliphatic rings. The minimum absolute atomic E-state index is 0.0603. The molecule has 0 unspecified atom stereocenters. The van der Waals surface area contributed by atoms with Crippen molar-refractivity contribution in [3.63, 3.8) is 0 Å². The van der Waals surface area contributed by atoms with Gasteiger partial charge in [0.15, 0.2) is 0 Å². The summed E-state index contributed by atoms with van der Waals surface area (Å²) in [5.74, 6) is -0.0603. The Labute approximate surface area is 115 Å². The first-order valence-electron chi connectivity index (χ1n) is 7.60. The number of hydrogen-bond donors (Lipinski definition) is 1. The molecule has 1 aliphatic carbocycles. The van der Waals surface area contributed by atoms with Gasteiger partial charge in [-0.3, -0.25) is 0 Å². The van der Waals surface area contributed by atoms with Gasteiger partial charge in [-0.25, -0.2) is 4.39 Å². The van der Waals surface area contributed by atoms with E-state index < -0.39 is 0 Å². The van der Waals surface area contributed by atoms with Crippen molar-refractivity contribution in [1.29, 1.82) is 0 Å². The molecule has 19 heavy (non-hydrogen) atoms. The van der Waals surface area contributed by atoms with E-state index in [2.05, 4.69) is 16.3 Å². The normalized spacial score (nSPS) is 20.4. The summed E-state index contributed by atoms with van der Waals surface area (Å²) in [5.41, 5.74) is 1.96. The lowest BCUT2D eigenvalue weighted by Crippen LogP contribution is -2.27. The van der Waals surface area contributed by atoms with E-state index in [9.17, 15) is 4.39 Å². The molecule has 1 saturated heterocycles. The van der Waals surface area contributed by atoms with Crippen LogP contribution in [0.25, 0.3) is 0 Å². The molecule has 2 fully saturated rings. The van der Waals surface area contributed by atoms with E-state index >= 15 is 0 Å². The number of anilines is 1. The molecular weight excluding hydrogens is 239 g/mol. The zero-order valence-corrected chi connectivity index (χ0v) is 11.5. The SMILES string of the molecule is Fc1cccc(N2CCCCCC2)c1CNC1CC1. The Hall–Kier alpha value is -1.09. The highest BCUT2D eigenvalue weighted by atomic mass is 19.1. The molecule has 3 rings (SSSR count). The summed E-state index contributed by atoms with van der Waals surface area (Å²) < 4.78 is 14.1. The number of nitrogens with zero attached hydrogens (tertiary/aromatic N) is 1. The second-order valence-electron chi connectivity index (χ2n) is 5.79. The van der Waals surface area contributed by atoms with Crippen molar-refractivity contribution in [1.82, 2.24) is 5.32 Å². The minimum Gasteiger partial charge on any atom is -0.371 e. The Morgan fingerprint density at radius 2 is 1.84 bits per heavy atom. The number of hydrogen-bond acceptors (Lipinski definition) is 2. The summed E-state index contributed by atoms with van der Waals surface area (Å²) in [7, 11) is 0. The maximum absolute atomic E-state index is 14.1. The molecule has 1 aromatic rings. The molecule has 0 radical (unpaired) electrons. The first kappa shape index (κ1) is 12.9. The second kappa shape index (κ2) is 5.91. The van der Waals surface area contributed by atoms with Gasteiger partial charge in [0.1, 0.15) is 5.82 Å². The Bertz CT molecular complexity index is 421. The third-order valence-corrected chi connectivity index (χ3v) is 4.19. The highest BCUT2D eigenvalue weighted by molar-refractivity contribution is 5.54. The molecule has 1 aromatic carbocycles. The topological polar surface area (TPSA) is 15.3 Å². The summed E-state index contributed by atoms with van der Waals surface area (Å²) in [5, 5.41) is 3.44. The van der Waals surface area contributed by atoms with E-state index in [4.69, 9.17) is 0 Å². The lowest BCUT2D eigenvalue weighted by molar-refractivity contribution is 0.584. The fourth-order valence-corrected chi connectivity index (χ4v) is 2.86. The van der Waals surface area contributed by atoms with Crippen LogP contribution in [0.1, 0.15) is 44.1 Å². The van der Waals surface area contributed by atoms with Crippen molar-refractivity contribution in [3.05, 3.63) is 29.6 Å². The zero-order chi connectivity index (χ0) is 13.1. The molecule has 104 valence electrons. The van der Waals surface area contributed by atoms with Crippen LogP contribution in [-0.4, -0.2) is 19.1 Å². The maximum atomic E-state index is 14.1. The average Bonchev–Trinajstić information content (AvgIpc) is 3.24. The Kier molecular flexibility index (Phi) is 4.02. The molecule has 0 bridgehead atoms. The van der Waals surface area contributed by atoms with Crippen molar-refractivity contribution in [2.75, 3.05) is 18.0 Å². The van der Waals surface area contributed by atoms with Crippen LogP contribution in [0.15, 0.2) is 18.2 Å². The molecule has 1 aliphatic heterocycles. The van der Waals surface area contributed by atoms with Crippen LogP contribution in [0, 0.1) is 5.82 Å². The summed E-state index contributed by atoms with van der Waals surface area (Å²) in [6.45, 7) is 2.81. The molecule has 1 saturated carbocycles. The van der Waals surface area contributed by atoms with Gasteiger partial charge in [0, 0.05) is 36.9 Å². The zero-order valence-electron chi connectivity index (χ0n) is 11.5. The van der Waals surface area contributed by atoms with Crippen molar-refractivity contribution in [2.45, 2.75) is 51.1 Å². The lowest BCUT2D eigenvalue weighted by Gasteiger charge is -2.26. The molecule has 3 heteroatoms. The molecule has 1 heterocycles. The lowest BCUT2D eigenvalue weighted by atomic mass is 10.1. The average molecular weight is 262 g/mol. The van der Waals surface area contributed by atoms with Crippen LogP contribution in [0.3, 0.4) is 0 Å². The van der Waals surface area contributed by atoms with E-state index in [0.717, 1.165) is 24.3 Å². The van der Waals surface area contributed by atoms with Crippen LogP contribution in [0.2, 0.25) is 0 Å². The van der Waals surface area contributed by atoms with E-state index in [1.54, 1.807) is 6.07 Å². The fourth-order valence-electron chi connectivity index (χ4n) is 2.86. The van der Waals surface area contributed by atoms with Crippen molar-refractivity contribution >= 4 is 5.69 Å². The van der Waals surface area contributed by atoms with E-state index in [1.165, 1.54) is 38.5 Å². The van der Waals surface area contributed by atoms with Crippen molar-refractivity contribution < 1.29 is 4.39 Å². The monoisotopic (exact) mass is 262 g/mol. The molecule has 0 spiro atoms. The second-order valence-corrected chi connectivity index (χ2v) is 5.79. The van der Waals surface area contributed by atoms with Crippen LogP contribution in [0.5, 0.6) is 0 Å².